The summed E-state index contributed by atoms with van der Waals surface area (Å²) in [6.45, 7) is 3.63. The van der Waals surface area contributed by atoms with Crippen molar-refractivity contribution in [2.45, 2.75) is 64.3 Å². The first-order valence-electron chi connectivity index (χ1n) is 7.57. The van der Waals surface area contributed by atoms with E-state index in [-0.39, 0.29) is 0 Å². The molecule has 4 atom stereocenters. The van der Waals surface area contributed by atoms with Crippen LogP contribution in [0.2, 0.25) is 0 Å². The molecule has 0 spiro atoms. The summed E-state index contributed by atoms with van der Waals surface area (Å²) < 4.78 is 16.1. The fraction of sp³-hybridized carbons (Fsp3) is 1.00. The van der Waals surface area contributed by atoms with E-state index in [1.807, 2.05) is 13.8 Å². The van der Waals surface area contributed by atoms with E-state index in [1.54, 1.807) is 0 Å². The lowest BCUT2D eigenvalue weighted by Gasteiger charge is -2.29. The first-order chi connectivity index (χ1) is 10.1. The van der Waals surface area contributed by atoms with Gasteiger partial charge in [0.15, 0.2) is 12.6 Å². The van der Waals surface area contributed by atoms with Crippen LogP contribution in [-0.4, -0.2) is 71.6 Å². The van der Waals surface area contributed by atoms with Crippen molar-refractivity contribution >= 4 is 0 Å². The third kappa shape index (κ3) is 9.36. The molecule has 0 saturated heterocycles. The fourth-order valence-corrected chi connectivity index (χ4v) is 1.47. The molecule has 0 aromatic carbocycles. The lowest BCUT2D eigenvalue weighted by atomic mass is 10.3. The number of ether oxygens (including phenoxy) is 3. The SMILES string of the molecule is CCCCOC(OC(OCCCC)C(O)CO)C(O)CO. The van der Waals surface area contributed by atoms with E-state index < -0.39 is 38.0 Å². The number of aliphatic hydroxyl groups is 4. The van der Waals surface area contributed by atoms with E-state index in [0.29, 0.717) is 13.2 Å². The van der Waals surface area contributed by atoms with Crippen LogP contribution in [0.1, 0.15) is 39.5 Å². The van der Waals surface area contributed by atoms with Crippen molar-refractivity contribution in [1.82, 2.24) is 0 Å². The second-order valence-corrected chi connectivity index (χ2v) is 4.82. The number of unbranched alkanes of at least 4 members (excludes halogenated alkanes) is 2. The molecule has 0 saturated carbocycles. The molecular weight excluding hydrogens is 280 g/mol. The number of hydrogen-bond acceptors (Lipinski definition) is 7. The van der Waals surface area contributed by atoms with Gasteiger partial charge in [-0.05, 0) is 12.8 Å². The molecule has 128 valence electrons. The Kier molecular flexibility index (Phi) is 13.2. The average molecular weight is 310 g/mol. The third-order valence-electron chi connectivity index (χ3n) is 2.83. The van der Waals surface area contributed by atoms with Gasteiger partial charge in [0.25, 0.3) is 0 Å². The monoisotopic (exact) mass is 310 g/mol. The maximum absolute atomic E-state index is 9.69. The molecule has 7 nitrogen and oxygen atoms in total. The summed E-state index contributed by atoms with van der Waals surface area (Å²) in [6.07, 6.45) is -1.34. The van der Waals surface area contributed by atoms with Gasteiger partial charge in [0.2, 0.25) is 0 Å². The Morgan fingerprint density at radius 3 is 1.43 bits per heavy atom. The van der Waals surface area contributed by atoms with Crippen LogP contribution in [-0.2, 0) is 14.2 Å². The van der Waals surface area contributed by atoms with Crippen LogP contribution >= 0.6 is 0 Å². The predicted octanol–water partition coefficient (Wildman–Crippen LogP) is -0.00500. The molecule has 0 aromatic rings. The van der Waals surface area contributed by atoms with Gasteiger partial charge in [0.1, 0.15) is 12.2 Å². The highest BCUT2D eigenvalue weighted by Gasteiger charge is 2.28. The molecule has 0 aliphatic carbocycles. The molecule has 0 fully saturated rings. The molecule has 0 aliphatic heterocycles. The number of aliphatic hydroxyl groups excluding tert-OH is 4. The van der Waals surface area contributed by atoms with Crippen LogP contribution in [0.5, 0.6) is 0 Å². The summed E-state index contributed by atoms with van der Waals surface area (Å²) in [4.78, 5) is 0. The molecule has 7 heteroatoms. The van der Waals surface area contributed by atoms with Gasteiger partial charge in [-0.3, -0.25) is 0 Å². The molecule has 4 N–H and O–H groups in total. The van der Waals surface area contributed by atoms with Crippen LogP contribution < -0.4 is 0 Å². The molecule has 0 bridgehead atoms. The molecule has 0 aliphatic rings. The zero-order valence-electron chi connectivity index (χ0n) is 13.0. The highest BCUT2D eigenvalue weighted by atomic mass is 16.8. The van der Waals surface area contributed by atoms with Crippen molar-refractivity contribution in [2.75, 3.05) is 26.4 Å². The maximum Gasteiger partial charge on any atom is 0.188 e. The van der Waals surface area contributed by atoms with Crippen molar-refractivity contribution in [3.8, 4) is 0 Å². The van der Waals surface area contributed by atoms with Crippen LogP contribution in [0.15, 0.2) is 0 Å². The van der Waals surface area contributed by atoms with Gasteiger partial charge in [0.05, 0.1) is 13.2 Å². The Morgan fingerprint density at radius 1 is 0.762 bits per heavy atom. The van der Waals surface area contributed by atoms with Gasteiger partial charge in [-0.2, -0.15) is 0 Å². The highest BCUT2D eigenvalue weighted by Crippen LogP contribution is 2.12. The van der Waals surface area contributed by atoms with E-state index in [1.165, 1.54) is 0 Å². The molecule has 0 radical (unpaired) electrons. The quantitative estimate of drug-likeness (QED) is 0.264. The second-order valence-electron chi connectivity index (χ2n) is 4.82. The molecular formula is C14H30O7. The van der Waals surface area contributed by atoms with Gasteiger partial charge in [0, 0.05) is 13.2 Å². The third-order valence-corrected chi connectivity index (χ3v) is 2.83. The second kappa shape index (κ2) is 13.4. The standard InChI is InChI=1S/C14H30O7/c1-3-5-7-19-13(11(17)9-15)21-14(12(18)10-16)20-8-6-4-2/h11-18H,3-10H2,1-2H3. The minimum atomic E-state index is -1.25. The van der Waals surface area contributed by atoms with Crippen LogP contribution in [0, 0.1) is 0 Å². The Bertz CT molecular complexity index is 205. The van der Waals surface area contributed by atoms with Crippen molar-refractivity contribution in [3.63, 3.8) is 0 Å². The number of rotatable bonds is 14. The van der Waals surface area contributed by atoms with E-state index >= 15 is 0 Å². The minimum absolute atomic E-state index is 0.356. The van der Waals surface area contributed by atoms with Crippen LogP contribution in [0.3, 0.4) is 0 Å². The van der Waals surface area contributed by atoms with Gasteiger partial charge in [-0.25, -0.2) is 0 Å². The van der Waals surface area contributed by atoms with E-state index in [4.69, 9.17) is 24.4 Å². The maximum atomic E-state index is 9.69. The molecule has 0 rings (SSSR count). The Balaban J connectivity index is 4.52. The van der Waals surface area contributed by atoms with E-state index in [0.717, 1.165) is 25.7 Å². The molecule has 21 heavy (non-hydrogen) atoms. The summed E-state index contributed by atoms with van der Waals surface area (Å²) >= 11 is 0. The van der Waals surface area contributed by atoms with Crippen LogP contribution in [0.4, 0.5) is 0 Å². The first-order valence-corrected chi connectivity index (χ1v) is 7.57. The first kappa shape index (κ1) is 20.7. The summed E-state index contributed by atoms with van der Waals surface area (Å²) in [5.74, 6) is 0. The summed E-state index contributed by atoms with van der Waals surface area (Å²) in [7, 11) is 0. The zero-order chi connectivity index (χ0) is 16.1. The van der Waals surface area contributed by atoms with Gasteiger partial charge in [-0.1, -0.05) is 26.7 Å². The summed E-state index contributed by atoms with van der Waals surface area (Å²) in [5, 5.41) is 37.4. The van der Waals surface area contributed by atoms with Crippen molar-refractivity contribution in [2.24, 2.45) is 0 Å². The molecule has 4 unspecified atom stereocenters. The summed E-state index contributed by atoms with van der Waals surface area (Å²) in [5.41, 5.74) is 0. The molecule has 0 heterocycles. The van der Waals surface area contributed by atoms with Crippen molar-refractivity contribution in [1.29, 1.82) is 0 Å². The average Bonchev–Trinajstić information content (AvgIpc) is 2.51. The van der Waals surface area contributed by atoms with Crippen LogP contribution in [0.25, 0.3) is 0 Å². The van der Waals surface area contributed by atoms with Gasteiger partial charge >= 0.3 is 0 Å². The minimum Gasteiger partial charge on any atom is -0.393 e. The van der Waals surface area contributed by atoms with Gasteiger partial charge < -0.3 is 34.6 Å². The Hall–Kier alpha value is -0.280. The topological polar surface area (TPSA) is 109 Å². The normalized spacial score (nSPS) is 17.4. The highest BCUT2D eigenvalue weighted by molar-refractivity contribution is 4.65. The number of hydrogen-bond donors (Lipinski definition) is 4. The Morgan fingerprint density at radius 2 is 1.14 bits per heavy atom. The van der Waals surface area contributed by atoms with E-state index in [9.17, 15) is 10.2 Å². The largest absolute Gasteiger partial charge is 0.393 e. The van der Waals surface area contributed by atoms with E-state index in [2.05, 4.69) is 0 Å². The molecule has 0 amide bonds. The zero-order valence-corrected chi connectivity index (χ0v) is 13.0. The smallest absolute Gasteiger partial charge is 0.188 e. The lowest BCUT2D eigenvalue weighted by molar-refractivity contribution is -0.300. The van der Waals surface area contributed by atoms with Gasteiger partial charge in [-0.15, -0.1) is 0 Å². The molecule has 0 aromatic heterocycles. The Labute approximate surface area is 126 Å². The van der Waals surface area contributed by atoms with Crippen molar-refractivity contribution < 1.29 is 34.6 Å². The van der Waals surface area contributed by atoms with Crippen molar-refractivity contribution in [3.05, 3.63) is 0 Å². The predicted molar refractivity (Wildman–Crippen MR) is 76.6 cm³/mol. The summed E-state index contributed by atoms with van der Waals surface area (Å²) in [6, 6.07) is 0. The fourth-order valence-electron chi connectivity index (χ4n) is 1.47. The lowest BCUT2D eigenvalue weighted by Crippen LogP contribution is -2.44.